The summed E-state index contributed by atoms with van der Waals surface area (Å²) < 4.78 is 0. The molecule has 0 spiro atoms. The first-order valence-corrected chi connectivity index (χ1v) is 4.28. The van der Waals surface area contributed by atoms with Gasteiger partial charge in [0.25, 0.3) is 0 Å². The van der Waals surface area contributed by atoms with Gasteiger partial charge in [-0.15, -0.1) is 0 Å². The van der Waals surface area contributed by atoms with Gasteiger partial charge < -0.3 is 16.4 Å². The third kappa shape index (κ3) is 6.10. The maximum Gasteiger partial charge on any atom is 0.224 e. The molecule has 0 aliphatic heterocycles. The van der Waals surface area contributed by atoms with Crippen molar-refractivity contribution in [1.82, 2.24) is 10.6 Å². The summed E-state index contributed by atoms with van der Waals surface area (Å²) in [6, 6.07) is 0. The van der Waals surface area contributed by atoms with Gasteiger partial charge in [0.2, 0.25) is 11.8 Å². The van der Waals surface area contributed by atoms with Crippen molar-refractivity contribution in [1.29, 1.82) is 0 Å². The molecular weight excluding hydrogens is 170 g/mol. The van der Waals surface area contributed by atoms with E-state index in [-0.39, 0.29) is 18.2 Å². The van der Waals surface area contributed by atoms with Crippen LogP contribution in [0.2, 0.25) is 0 Å². The summed E-state index contributed by atoms with van der Waals surface area (Å²) in [6.07, 6.45) is 0.192. The number of hydrogen-bond acceptors (Lipinski definition) is 3. The number of nitrogens with one attached hydrogen (secondary N) is 2. The molecule has 0 aliphatic rings. The SMILES string of the molecule is CNCC(C)C(=O)NCCC(N)=O. The molecule has 0 rings (SSSR count). The van der Waals surface area contributed by atoms with Crippen LogP contribution >= 0.6 is 0 Å². The normalized spacial score (nSPS) is 12.2. The maximum absolute atomic E-state index is 11.2. The number of carbonyl (C=O) groups is 2. The Kier molecular flexibility index (Phi) is 5.88. The molecular formula is C8H17N3O2. The molecule has 13 heavy (non-hydrogen) atoms. The second-order valence-corrected chi connectivity index (χ2v) is 2.97. The average molecular weight is 187 g/mol. The van der Waals surface area contributed by atoms with Gasteiger partial charge in [0.15, 0.2) is 0 Å². The molecule has 1 unspecified atom stereocenters. The summed E-state index contributed by atoms with van der Waals surface area (Å²) in [5.74, 6) is -0.546. The predicted octanol–water partition coefficient (Wildman–Crippen LogP) is -1.17. The Balaban J connectivity index is 3.55. The van der Waals surface area contributed by atoms with E-state index in [1.54, 1.807) is 7.05 Å². The quantitative estimate of drug-likeness (QED) is 0.490. The van der Waals surface area contributed by atoms with E-state index in [9.17, 15) is 9.59 Å². The van der Waals surface area contributed by atoms with Gasteiger partial charge in [-0.25, -0.2) is 0 Å². The second-order valence-electron chi connectivity index (χ2n) is 2.97. The van der Waals surface area contributed by atoms with Gasteiger partial charge in [-0.05, 0) is 7.05 Å². The molecule has 2 amide bonds. The molecule has 5 nitrogen and oxygen atoms in total. The minimum Gasteiger partial charge on any atom is -0.370 e. The van der Waals surface area contributed by atoms with Gasteiger partial charge in [-0.3, -0.25) is 9.59 Å². The van der Waals surface area contributed by atoms with E-state index in [2.05, 4.69) is 10.6 Å². The van der Waals surface area contributed by atoms with Crippen LogP contribution < -0.4 is 16.4 Å². The summed E-state index contributed by atoms with van der Waals surface area (Å²) in [5, 5.41) is 5.51. The Hall–Kier alpha value is -1.10. The van der Waals surface area contributed by atoms with E-state index in [1.807, 2.05) is 6.92 Å². The van der Waals surface area contributed by atoms with Crippen molar-refractivity contribution in [3.63, 3.8) is 0 Å². The van der Waals surface area contributed by atoms with Crippen LogP contribution in [0.1, 0.15) is 13.3 Å². The fourth-order valence-electron chi connectivity index (χ4n) is 0.882. The van der Waals surface area contributed by atoms with Crippen molar-refractivity contribution in [2.24, 2.45) is 11.7 Å². The third-order valence-electron chi connectivity index (χ3n) is 1.63. The molecule has 0 aromatic rings. The van der Waals surface area contributed by atoms with Crippen molar-refractivity contribution in [2.45, 2.75) is 13.3 Å². The highest BCUT2D eigenvalue weighted by atomic mass is 16.2. The van der Waals surface area contributed by atoms with Gasteiger partial charge in [0, 0.05) is 25.4 Å². The fourth-order valence-corrected chi connectivity index (χ4v) is 0.882. The van der Waals surface area contributed by atoms with Gasteiger partial charge in [0.05, 0.1) is 0 Å². The molecule has 4 N–H and O–H groups in total. The Morgan fingerprint density at radius 2 is 2.08 bits per heavy atom. The molecule has 5 heteroatoms. The Morgan fingerprint density at radius 1 is 1.46 bits per heavy atom. The first-order valence-electron chi connectivity index (χ1n) is 4.28. The summed E-state index contributed by atoms with van der Waals surface area (Å²) in [7, 11) is 1.78. The second kappa shape index (κ2) is 6.42. The number of primary amides is 1. The molecule has 0 radical (unpaired) electrons. The first kappa shape index (κ1) is 11.9. The van der Waals surface area contributed by atoms with Crippen LogP contribution in [0, 0.1) is 5.92 Å². The van der Waals surface area contributed by atoms with Gasteiger partial charge in [-0.1, -0.05) is 6.92 Å². The molecule has 1 atom stereocenters. The van der Waals surface area contributed by atoms with E-state index in [4.69, 9.17) is 5.73 Å². The van der Waals surface area contributed by atoms with Crippen LogP contribution in [0.5, 0.6) is 0 Å². The number of rotatable bonds is 6. The highest BCUT2D eigenvalue weighted by Crippen LogP contribution is 1.91. The van der Waals surface area contributed by atoms with Crippen LogP contribution in [-0.4, -0.2) is 32.0 Å². The molecule has 0 aliphatic carbocycles. The summed E-state index contributed by atoms with van der Waals surface area (Å²) in [4.78, 5) is 21.5. The minimum atomic E-state index is -0.401. The van der Waals surface area contributed by atoms with Gasteiger partial charge >= 0.3 is 0 Å². The average Bonchev–Trinajstić information content (AvgIpc) is 2.04. The van der Waals surface area contributed by atoms with Crippen molar-refractivity contribution in [3.8, 4) is 0 Å². The lowest BCUT2D eigenvalue weighted by Crippen LogP contribution is -2.35. The Morgan fingerprint density at radius 3 is 2.54 bits per heavy atom. The lowest BCUT2D eigenvalue weighted by molar-refractivity contribution is -0.124. The van der Waals surface area contributed by atoms with Crippen molar-refractivity contribution in [2.75, 3.05) is 20.1 Å². The Labute approximate surface area is 78.1 Å². The highest BCUT2D eigenvalue weighted by molar-refractivity contribution is 5.79. The lowest BCUT2D eigenvalue weighted by Gasteiger charge is -2.10. The zero-order valence-corrected chi connectivity index (χ0v) is 8.09. The van der Waals surface area contributed by atoms with Crippen LogP contribution in [-0.2, 0) is 9.59 Å². The monoisotopic (exact) mass is 187 g/mol. The smallest absolute Gasteiger partial charge is 0.224 e. The van der Waals surface area contributed by atoms with Crippen LogP contribution in [0.3, 0.4) is 0 Å². The predicted molar refractivity (Wildman–Crippen MR) is 49.9 cm³/mol. The number of nitrogens with two attached hydrogens (primary N) is 1. The van der Waals surface area contributed by atoms with Crippen LogP contribution in [0.25, 0.3) is 0 Å². The van der Waals surface area contributed by atoms with E-state index in [0.717, 1.165) is 0 Å². The van der Waals surface area contributed by atoms with E-state index in [1.165, 1.54) is 0 Å². The molecule has 0 fully saturated rings. The zero-order valence-electron chi connectivity index (χ0n) is 8.09. The number of carbonyl (C=O) groups excluding carboxylic acids is 2. The summed E-state index contributed by atoms with van der Waals surface area (Å²) >= 11 is 0. The van der Waals surface area contributed by atoms with Crippen molar-refractivity contribution < 1.29 is 9.59 Å². The Bertz CT molecular complexity index is 182. The third-order valence-corrected chi connectivity index (χ3v) is 1.63. The largest absolute Gasteiger partial charge is 0.370 e. The highest BCUT2D eigenvalue weighted by Gasteiger charge is 2.10. The first-order chi connectivity index (χ1) is 6.07. The van der Waals surface area contributed by atoms with E-state index >= 15 is 0 Å². The minimum absolute atomic E-state index is 0.0596. The maximum atomic E-state index is 11.2. The zero-order chi connectivity index (χ0) is 10.3. The summed E-state index contributed by atoms with van der Waals surface area (Å²) in [5.41, 5.74) is 4.91. The van der Waals surface area contributed by atoms with Crippen LogP contribution in [0.4, 0.5) is 0 Å². The molecule has 0 bridgehead atoms. The fraction of sp³-hybridized carbons (Fsp3) is 0.750. The molecule has 0 heterocycles. The molecule has 0 saturated heterocycles. The lowest BCUT2D eigenvalue weighted by atomic mass is 10.1. The van der Waals surface area contributed by atoms with Crippen molar-refractivity contribution >= 4 is 11.8 Å². The van der Waals surface area contributed by atoms with E-state index in [0.29, 0.717) is 13.1 Å². The summed E-state index contributed by atoms with van der Waals surface area (Å²) in [6.45, 7) is 2.76. The molecule has 0 aromatic heterocycles. The number of amides is 2. The van der Waals surface area contributed by atoms with E-state index < -0.39 is 5.91 Å². The van der Waals surface area contributed by atoms with Gasteiger partial charge in [-0.2, -0.15) is 0 Å². The number of hydrogen-bond donors (Lipinski definition) is 3. The topological polar surface area (TPSA) is 84.2 Å². The molecule has 0 saturated carbocycles. The van der Waals surface area contributed by atoms with Crippen molar-refractivity contribution in [3.05, 3.63) is 0 Å². The molecule has 0 aromatic carbocycles. The van der Waals surface area contributed by atoms with Crippen LogP contribution in [0.15, 0.2) is 0 Å². The molecule has 76 valence electrons. The standard InChI is InChI=1S/C8H17N3O2/c1-6(5-10-2)8(13)11-4-3-7(9)12/h6,10H,3-5H2,1-2H3,(H2,9,12)(H,11,13). The van der Waals surface area contributed by atoms with Gasteiger partial charge in [0.1, 0.15) is 0 Å².